The van der Waals surface area contributed by atoms with Crippen LogP contribution in [-0.2, 0) is 6.18 Å². The van der Waals surface area contributed by atoms with E-state index in [4.69, 9.17) is 5.73 Å². The standard InChI is InChI=1S/C13H17F4NO/c1-7(2)5-11(19)12(18)8-3-4-10(14)9(6-8)13(15,16)17/h3-4,6-7,11-12,19H,5,18H2,1-2H3/t11-,12+/m1/s1. The quantitative estimate of drug-likeness (QED) is 0.831. The fraction of sp³-hybridized carbons (Fsp3) is 0.538. The van der Waals surface area contributed by atoms with Crippen molar-refractivity contribution in [1.29, 1.82) is 0 Å². The molecule has 0 saturated heterocycles. The van der Waals surface area contributed by atoms with Gasteiger partial charge in [-0.05, 0) is 30.0 Å². The second kappa shape index (κ2) is 5.88. The summed E-state index contributed by atoms with van der Waals surface area (Å²) >= 11 is 0. The zero-order valence-electron chi connectivity index (χ0n) is 10.7. The summed E-state index contributed by atoms with van der Waals surface area (Å²) in [6.07, 6.45) is -5.38. The summed E-state index contributed by atoms with van der Waals surface area (Å²) in [5.41, 5.74) is 4.42. The number of hydrogen-bond donors (Lipinski definition) is 2. The molecule has 0 fully saturated rings. The van der Waals surface area contributed by atoms with Gasteiger partial charge in [0.05, 0.1) is 17.7 Å². The van der Waals surface area contributed by atoms with Crippen molar-refractivity contribution in [3.63, 3.8) is 0 Å². The number of nitrogens with two attached hydrogens (primary N) is 1. The topological polar surface area (TPSA) is 46.2 Å². The van der Waals surface area contributed by atoms with Gasteiger partial charge >= 0.3 is 6.18 Å². The summed E-state index contributed by atoms with van der Waals surface area (Å²) in [7, 11) is 0. The van der Waals surface area contributed by atoms with Crippen molar-refractivity contribution in [2.75, 3.05) is 0 Å². The Morgan fingerprint density at radius 2 is 1.84 bits per heavy atom. The summed E-state index contributed by atoms with van der Waals surface area (Å²) in [5, 5.41) is 9.80. The lowest BCUT2D eigenvalue weighted by Gasteiger charge is -2.21. The van der Waals surface area contributed by atoms with Crippen molar-refractivity contribution in [2.24, 2.45) is 11.7 Å². The number of aliphatic hydroxyl groups is 1. The van der Waals surface area contributed by atoms with E-state index in [-0.39, 0.29) is 11.5 Å². The van der Waals surface area contributed by atoms with E-state index >= 15 is 0 Å². The van der Waals surface area contributed by atoms with Crippen LogP contribution in [0.4, 0.5) is 17.6 Å². The second-order valence-corrected chi connectivity index (χ2v) is 4.96. The van der Waals surface area contributed by atoms with E-state index in [2.05, 4.69) is 0 Å². The summed E-state index contributed by atoms with van der Waals surface area (Å²) in [6.45, 7) is 3.73. The maximum absolute atomic E-state index is 13.1. The molecule has 1 aromatic rings. The Labute approximate surface area is 109 Å². The Balaban J connectivity index is 3.02. The molecule has 0 bridgehead atoms. The second-order valence-electron chi connectivity index (χ2n) is 4.96. The molecule has 1 rings (SSSR count). The van der Waals surface area contributed by atoms with Crippen LogP contribution in [0, 0.1) is 11.7 Å². The first-order valence-corrected chi connectivity index (χ1v) is 5.93. The first kappa shape index (κ1) is 15.9. The van der Waals surface area contributed by atoms with E-state index in [0.717, 1.165) is 6.07 Å². The predicted molar refractivity (Wildman–Crippen MR) is 63.8 cm³/mol. The molecule has 2 nitrogen and oxygen atoms in total. The Morgan fingerprint density at radius 1 is 1.26 bits per heavy atom. The maximum atomic E-state index is 13.1. The first-order valence-electron chi connectivity index (χ1n) is 5.93. The Bertz CT molecular complexity index is 431. The predicted octanol–water partition coefficient (Wildman–Crippen LogP) is 3.25. The fourth-order valence-electron chi connectivity index (χ4n) is 1.82. The molecular weight excluding hydrogens is 262 g/mol. The SMILES string of the molecule is CC(C)C[C@@H](O)[C@@H](N)c1ccc(F)c(C(F)(F)F)c1. The van der Waals surface area contributed by atoms with Crippen molar-refractivity contribution in [3.05, 3.63) is 35.1 Å². The van der Waals surface area contributed by atoms with Crippen LogP contribution in [0.15, 0.2) is 18.2 Å². The highest BCUT2D eigenvalue weighted by atomic mass is 19.4. The lowest BCUT2D eigenvalue weighted by Crippen LogP contribution is -2.28. The summed E-state index contributed by atoms with van der Waals surface area (Å²) in [6, 6.07) is 1.58. The van der Waals surface area contributed by atoms with Gasteiger partial charge in [0.1, 0.15) is 5.82 Å². The number of halogens is 4. The van der Waals surface area contributed by atoms with Gasteiger partial charge in [0.2, 0.25) is 0 Å². The van der Waals surface area contributed by atoms with Crippen LogP contribution in [0.25, 0.3) is 0 Å². The van der Waals surface area contributed by atoms with Crippen molar-refractivity contribution in [2.45, 2.75) is 38.6 Å². The van der Waals surface area contributed by atoms with Gasteiger partial charge in [-0.3, -0.25) is 0 Å². The molecule has 0 amide bonds. The van der Waals surface area contributed by atoms with E-state index in [1.54, 1.807) is 0 Å². The molecule has 0 heterocycles. The van der Waals surface area contributed by atoms with E-state index in [1.165, 1.54) is 6.07 Å². The van der Waals surface area contributed by atoms with E-state index < -0.39 is 29.7 Å². The van der Waals surface area contributed by atoms with E-state index in [1.807, 2.05) is 13.8 Å². The van der Waals surface area contributed by atoms with Crippen LogP contribution >= 0.6 is 0 Å². The molecule has 0 aliphatic rings. The van der Waals surface area contributed by atoms with Crippen molar-refractivity contribution < 1.29 is 22.7 Å². The molecule has 0 unspecified atom stereocenters. The third-order valence-electron chi connectivity index (χ3n) is 2.81. The highest BCUT2D eigenvalue weighted by Crippen LogP contribution is 2.33. The smallest absolute Gasteiger partial charge is 0.391 e. The summed E-state index contributed by atoms with van der Waals surface area (Å²) in [4.78, 5) is 0. The summed E-state index contributed by atoms with van der Waals surface area (Å²) in [5.74, 6) is -1.19. The van der Waals surface area contributed by atoms with Crippen LogP contribution in [0.5, 0.6) is 0 Å². The highest BCUT2D eigenvalue weighted by molar-refractivity contribution is 5.29. The van der Waals surface area contributed by atoms with Crippen molar-refractivity contribution in [1.82, 2.24) is 0 Å². The van der Waals surface area contributed by atoms with Gasteiger partial charge in [0, 0.05) is 0 Å². The van der Waals surface area contributed by atoms with E-state index in [9.17, 15) is 22.7 Å². The molecule has 0 radical (unpaired) electrons. The highest BCUT2D eigenvalue weighted by Gasteiger charge is 2.35. The van der Waals surface area contributed by atoms with Gasteiger partial charge < -0.3 is 10.8 Å². The molecule has 0 aliphatic heterocycles. The average molecular weight is 279 g/mol. The molecule has 1 aromatic carbocycles. The molecule has 0 aromatic heterocycles. The molecule has 0 spiro atoms. The minimum atomic E-state index is -4.77. The van der Waals surface area contributed by atoms with Crippen LogP contribution in [0.1, 0.15) is 37.4 Å². The summed E-state index contributed by atoms with van der Waals surface area (Å²) < 4.78 is 50.8. The Hall–Kier alpha value is -1.14. The number of rotatable bonds is 4. The molecule has 2 atom stereocenters. The monoisotopic (exact) mass is 279 g/mol. The zero-order chi connectivity index (χ0) is 14.8. The lowest BCUT2D eigenvalue weighted by atomic mass is 9.94. The molecule has 108 valence electrons. The molecule has 0 saturated carbocycles. The lowest BCUT2D eigenvalue weighted by molar-refractivity contribution is -0.140. The van der Waals surface area contributed by atoms with Crippen LogP contribution in [0.3, 0.4) is 0 Å². The van der Waals surface area contributed by atoms with Gasteiger partial charge in [-0.2, -0.15) is 13.2 Å². The van der Waals surface area contributed by atoms with Gasteiger partial charge in [0.15, 0.2) is 0 Å². The molecule has 0 aliphatic carbocycles. The Morgan fingerprint density at radius 3 is 2.32 bits per heavy atom. The van der Waals surface area contributed by atoms with Gasteiger partial charge in [-0.1, -0.05) is 19.9 Å². The van der Waals surface area contributed by atoms with E-state index in [0.29, 0.717) is 12.5 Å². The average Bonchev–Trinajstić information content (AvgIpc) is 2.26. The fourth-order valence-corrected chi connectivity index (χ4v) is 1.82. The minimum absolute atomic E-state index is 0.0712. The normalized spacial score (nSPS) is 15.6. The van der Waals surface area contributed by atoms with Gasteiger partial charge in [-0.25, -0.2) is 4.39 Å². The number of hydrogen-bond acceptors (Lipinski definition) is 2. The molecule has 6 heteroatoms. The minimum Gasteiger partial charge on any atom is -0.391 e. The van der Waals surface area contributed by atoms with Crippen molar-refractivity contribution in [3.8, 4) is 0 Å². The Kier molecular flexibility index (Phi) is 4.92. The number of benzene rings is 1. The molecular formula is C13H17F4NO. The molecule has 19 heavy (non-hydrogen) atoms. The van der Waals surface area contributed by atoms with Gasteiger partial charge in [0.25, 0.3) is 0 Å². The van der Waals surface area contributed by atoms with Crippen LogP contribution in [0.2, 0.25) is 0 Å². The molecule has 3 N–H and O–H groups in total. The van der Waals surface area contributed by atoms with Crippen molar-refractivity contribution >= 4 is 0 Å². The maximum Gasteiger partial charge on any atom is 0.419 e. The largest absolute Gasteiger partial charge is 0.419 e. The number of alkyl halides is 3. The first-order chi connectivity index (χ1) is 8.62. The van der Waals surface area contributed by atoms with Crippen LogP contribution in [-0.4, -0.2) is 11.2 Å². The third-order valence-corrected chi connectivity index (χ3v) is 2.81. The third kappa shape index (κ3) is 4.18. The van der Waals surface area contributed by atoms with Gasteiger partial charge in [-0.15, -0.1) is 0 Å². The zero-order valence-corrected chi connectivity index (χ0v) is 10.7. The van der Waals surface area contributed by atoms with Crippen LogP contribution < -0.4 is 5.73 Å². The number of aliphatic hydroxyl groups excluding tert-OH is 1.